The number of halogens is 3. The molecule has 2 aromatic rings. The van der Waals surface area contributed by atoms with E-state index in [1.807, 2.05) is 19.9 Å². The first kappa shape index (κ1) is 24.5. The summed E-state index contributed by atoms with van der Waals surface area (Å²) < 4.78 is 38.9. The number of hydrogen-bond acceptors (Lipinski definition) is 8. The Morgan fingerprint density at radius 3 is 2.47 bits per heavy atom. The normalized spacial score (nSPS) is 31.2. The second kappa shape index (κ2) is 9.06. The molecule has 12 heteroatoms. The summed E-state index contributed by atoms with van der Waals surface area (Å²) in [5, 5.41) is 18.0. The number of carbonyl (C=O) groups is 1. The molecule has 7 atom stereocenters. The van der Waals surface area contributed by atoms with Gasteiger partial charge in [-0.05, 0) is 51.3 Å². The van der Waals surface area contributed by atoms with Crippen molar-refractivity contribution in [2.24, 2.45) is 11.8 Å². The maximum atomic E-state index is 13.2. The number of aromatic nitrogens is 3. The van der Waals surface area contributed by atoms with Crippen LogP contribution in [0.25, 0.3) is 0 Å². The first-order valence-electron chi connectivity index (χ1n) is 11.9. The summed E-state index contributed by atoms with van der Waals surface area (Å²) in [4.78, 5) is 26.0. The number of nitrogens with zero attached hydrogens (tertiary/aromatic N) is 5. The lowest BCUT2D eigenvalue weighted by molar-refractivity contribution is -0.141. The Morgan fingerprint density at radius 1 is 1.19 bits per heavy atom. The molecule has 0 aromatic carbocycles. The van der Waals surface area contributed by atoms with Gasteiger partial charge in [-0.2, -0.15) is 18.4 Å². The molecule has 3 aliphatic rings. The van der Waals surface area contributed by atoms with Gasteiger partial charge >= 0.3 is 6.18 Å². The van der Waals surface area contributed by atoms with Crippen molar-refractivity contribution in [3.8, 4) is 6.07 Å². The second-order valence-corrected chi connectivity index (χ2v) is 9.77. The van der Waals surface area contributed by atoms with Gasteiger partial charge in [0.2, 0.25) is 5.91 Å². The lowest BCUT2D eigenvalue weighted by Crippen LogP contribution is -2.68. The van der Waals surface area contributed by atoms with Crippen molar-refractivity contribution in [1.29, 1.82) is 5.26 Å². The molecule has 0 spiro atoms. The molecule has 36 heavy (non-hydrogen) atoms. The largest absolute Gasteiger partial charge is 0.433 e. The SMILES string of the molecule is Cc1cc(C)nc([C@@H]2CCC2C2NC(=O)C3C(C#N)NN([C@@H](C)c4ccc(C(F)(F)F)nc4)C3N2)n1. The minimum absolute atomic E-state index is 0.0714. The van der Waals surface area contributed by atoms with Crippen molar-refractivity contribution in [3.05, 3.63) is 52.9 Å². The van der Waals surface area contributed by atoms with E-state index in [0.717, 1.165) is 36.1 Å². The number of rotatable bonds is 4. The van der Waals surface area contributed by atoms with Crippen LogP contribution < -0.4 is 16.1 Å². The molecule has 2 saturated heterocycles. The van der Waals surface area contributed by atoms with Gasteiger partial charge in [0.05, 0.1) is 24.3 Å². The highest BCUT2D eigenvalue weighted by Crippen LogP contribution is 2.44. The number of amides is 1. The van der Waals surface area contributed by atoms with E-state index in [2.05, 4.69) is 37.1 Å². The summed E-state index contributed by atoms with van der Waals surface area (Å²) in [6, 6.07) is 5.13. The predicted octanol–water partition coefficient (Wildman–Crippen LogP) is 2.46. The van der Waals surface area contributed by atoms with Gasteiger partial charge in [-0.1, -0.05) is 6.07 Å². The average molecular weight is 501 g/mol. The highest BCUT2D eigenvalue weighted by atomic mass is 19.4. The van der Waals surface area contributed by atoms with Crippen LogP contribution in [0, 0.1) is 37.0 Å². The quantitative estimate of drug-likeness (QED) is 0.586. The Bertz CT molecular complexity index is 1180. The molecule has 1 aliphatic carbocycles. The number of alkyl halides is 3. The average Bonchev–Trinajstić information content (AvgIpc) is 3.16. The van der Waals surface area contributed by atoms with Crippen molar-refractivity contribution >= 4 is 5.91 Å². The number of nitrogens with one attached hydrogen (secondary N) is 3. The van der Waals surface area contributed by atoms with Gasteiger partial charge in [-0.3, -0.25) is 15.1 Å². The molecular formula is C24H27F3N8O. The lowest BCUT2D eigenvalue weighted by Gasteiger charge is -2.47. The van der Waals surface area contributed by atoms with Crippen molar-refractivity contribution in [2.45, 2.75) is 70.1 Å². The van der Waals surface area contributed by atoms with Gasteiger partial charge in [0.25, 0.3) is 0 Å². The molecule has 2 aromatic heterocycles. The smallest absolute Gasteiger partial charge is 0.340 e. The molecule has 0 radical (unpaired) electrons. The van der Waals surface area contributed by atoms with Crippen LogP contribution >= 0.6 is 0 Å². The van der Waals surface area contributed by atoms with E-state index in [1.54, 1.807) is 11.9 Å². The molecular weight excluding hydrogens is 473 g/mol. The fraction of sp³-hybridized carbons (Fsp3) is 0.542. The fourth-order valence-corrected chi connectivity index (χ4v) is 5.47. The zero-order valence-electron chi connectivity index (χ0n) is 20.0. The Balaban J connectivity index is 1.38. The van der Waals surface area contributed by atoms with Crippen LogP contribution in [0.5, 0.6) is 0 Å². The number of fused-ring (bicyclic) bond motifs is 1. The molecule has 190 valence electrons. The van der Waals surface area contributed by atoms with Gasteiger partial charge < -0.3 is 5.32 Å². The van der Waals surface area contributed by atoms with Crippen LogP contribution in [-0.2, 0) is 11.0 Å². The highest BCUT2D eigenvalue weighted by Gasteiger charge is 2.54. The molecule has 5 unspecified atom stereocenters. The number of aryl methyl sites for hydroxylation is 2. The third-order valence-corrected chi connectivity index (χ3v) is 7.44. The van der Waals surface area contributed by atoms with E-state index in [-0.39, 0.29) is 23.9 Å². The fourth-order valence-electron chi connectivity index (χ4n) is 5.47. The van der Waals surface area contributed by atoms with E-state index in [0.29, 0.717) is 5.56 Å². The number of hydrazine groups is 1. The van der Waals surface area contributed by atoms with Gasteiger partial charge in [-0.15, -0.1) is 0 Å². The molecule has 9 nitrogen and oxygen atoms in total. The summed E-state index contributed by atoms with van der Waals surface area (Å²) in [7, 11) is 0. The number of nitriles is 1. The Morgan fingerprint density at radius 2 is 1.92 bits per heavy atom. The Labute approximate surface area is 206 Å². The second-order valence-electron chi connectivity index (χ2n) is 9.77. The minimum atomic E-state index is -4.53. The summed E-state index contributed by atoms with van der Waals surface area (Å²) in [6.45, 7) is 5.66. The summed E-state index contributed by atoms with van der Waals surface area (Å²) in [6.07, 6.45) is -2.45. The van der Waals surface area contributed by atoms with Crippen molar-refractivity contribution in [1.82, 2.24) is 36.0 Å². The Hall–Kier alpha value is -3.14. The standard InChI is InChI=1S/C24H27F3N8O/c1-11-8-12(2)31-20(30-11)15-5-6-16(15)21-32-22-19(23(36)33-21)17(9-28)34-35(22)13(3)14-4-7-18(29-10-14)24(25,26)27/h4,7-8,10,13,15-17,19,21-22,32,34H,5-6H2,1-3H3,(H,33,36)/t13-,15+,16?,17?,19?,21?,22?/m0/s1. The number of hydrogen-bond donors (Lipinski definition) is 3. The molecule has 1 saturated carbocycles. The molecule has 3 N–H and O–H groups in total. The van der Waals surface area contributed by atoms with Crippen LogP contribution in [0.3, 0.4) is 0 Å². The molecule has 1 amide bonds. The molecule has 3 fully saturated rings. The van der Waals surface area contributed by atoms with E-state index in [4.69, 9.17) is 0 Å². The van der Waals surface area contributed by atoms with E-state index in [1.165, 1.54) is 12.3 Å². The van der Waals surface area contributed by atoms with Gasteiger partial charge in [0, 0.05) is 35.5 Å². The van der Waals surface area contributed by atoms with Crippen molar-refractivity contribution in [2.75, 3.05) is 0 Å². The molecule has 2 aliphatic heterocycles. The lowest BCUT2D eigenvalue weighted by atomic mass is 9.70. The third-order valence-electron chi connectivity index (χ3n) is 7.44. The van der Waals surface area contributed by atoms with Crippen molar-refractivity contribution in [3.63, 3.8) is 0 Å². The first-order chi connectivity index (χ1) is 17.1. The number of pyridine rings is 1. The molecule has 0 bridgehead atoms. The summed E-state index contributed by atoms with van der Waals surface area (Å²) in [5.41, 5.74) is 4.43. The first-order valence-corrected chi connectivity index (χ1v) is 11.9. The highest BCUT2D eigenvalue weighted by molar-refractivity contribution is 5.82. The summed E-state index contributed by atoms with van der Waals surface area (Å²) in [5.74, 6) is -0.00394. The van der Waals surface area contributed by atoms with Gasteiger partial charge in [-0.25, -0.2) is 20.4 Å². The van der Waals surface area contributed by atoms with Crippen LogP contribution in [0.1, 0.15) is 60.2 Å². The monoisotopic (exact) mass is 500 g/mol. The van der Waals surface area contributed by atoms with Crippen LogP contribution in [0.15, 0.2) is 24.4 Å². The third kappa shape index (κ3) is 4.31. The minimum Gasteiger partial charge on any atom is -0.340 e. The van der Waals surface area contributed by atoms with E-state index < -0.39 is 36.0 Å². The molecule has 5 rings (SSSR count). The van der Waals surface area contributed by atoms with Gasteiger partial charge in [0.1, 0.15) is 17.6 Å². The maximum Gasteiger partial charge on any atom is 0.433 e. The predicted molar refractivity (Wildman–Crippen MR) is 121 cm³/mol. The van der Waals surface area contributed by atoms with Crippen LogP contribution in [0.4, 0.5) is 13.2 Å². The Kier molecular flexibility index (Phi) is 6.18. The topological polar surface area (TPSA) is 119 Å². The van der Waals surface area contributed by atoms with Crippen LogP contribution in [0.2, 0.25) is 0 Å². The zero-order valence-corrected chi connectivity index (χ0v) is 20.0. The van der Waals surface area contributed by atoms with Crippen LogP contribution in [-0.4, -0.2) is 44.2 Å². The van der Waals surface area contributed by atoms with E-state index in [9.17, 15) is 23.2 Å². The van der Waals surface area contributed by atoms with E-state index >= 15 is 0 Å². The molecule has 4 heterocycles. The maximum absolute atomic E-state index is 13.2. The number of carbonyl (C=O) groups excluding carboxylic acids is 1. The van der Waals surface area contributed by atoms with Gasteiger partial charge in [0.15, 0.2) is 0 Å². The summed E-state index contributed by atoms with van der Waals surface area (Å²) >= 11 is 0. The zero-order chi connectivity index (χ0) is 25.8. The van der Waals surface area contributed by atoms with Crippen molar-refractivity contribution < 1.29 is 18.0 Å².